The fraction of sp³-hybridized carbons (Fsp3) is 1.00. The summed E-state index contributed by atoms with van der Waals surface area (Å²) in [6, 6.07) is 0. The second kappa shape index (κ2) is 5.58. The highest BCUT2D eigenvalue weighted by Crippen LogP contribution is 2.21. The topological polar surface area (TPSA) is 44.5 Å². The quantitative estimate of drug-likeness (QED) is 0.675. The van der Waals surface area contributed by atoms with Crippen molar-refractivity contribution in [2.75, 3.05) is 13.2 Å². The van der Waals surface area contributed by atoms with Gasteiger partial charge in [-0.15, -0.1) is 0 Å². The molecule has 0 bridgehead atoms. The van der Waals surface area contributed by atoms with Crippen molar-refractivity contribution < 1.29 is 9.47 Å². The lowest BCUT2D eigenvalue weighted by Gasteiger charge is -2.31. The Morgan fingerprint density at radius 3 is 2.46 bits per heavy atom. The van der Waals surface area contributed by atoms with Crippen LogP contribution in [-0.4, -0.2) is 31.5 Å². The summed E-state index contributed by atoms with van der Waals surface area (Å²) in [5.41, 5.74) is 5.39. The van der Waals surface area contributed by atoms with Gasteiger partial charge in [-0.25, -0.2) is 0 Å². The van der Waals surface area contributed by atoms with E-state index in [0.717, 1.165) is 25.9 Å². The minimum Gasteiger partial charge on any atom is -0.378 e. The molecule has 3 nitrogen and oxygen atoms in total. The molecule has 0 aromatic carbocycles. The van der Waals surface area contributed by atoms with Gasteiger partial charge in [-0.3, -0.25) is 0 Å². The molecule has 13 heavy (non-hydrogen) atoms. The average Bonchev–Trinajstić information content (AvgIpc) is 2.03. The van der Waals surface area contributed by atoms with Crippen molar-refractivity contribution in [2.45, 2.75) is 51.4 Å². The van der Waals surface area contributed by atoms with Crippen molar-refractivity contribution >= 4 is 0 Å². The lowest BCUT2D eigenvalue weighted by atomic mass is 10.0. The first-order valence-corrected chi connectivity index (χ1v) is 5.19. The van der Waals surface area contributed by atoms with Gasteiger partial charge in [0.1, 0.15) is 0 Å². The minimum atomic E-state index is 0.339. The SMILES string of the molecule is CC1CC(OCCCN)CC(C)O1. The molecule has 1 fully saturated rings. The molecule has 1 rings (SSSR count). The molecule has 1 heterocycles. The van der Waals surface area contributed by atoms with Crippen LogP contribution in [0.15, 0.2) is 0 Å². The van der Waals surface area contributed by atoms with Crippen LogP contribution < -0.4 is 5.73 Å². The van der Waals surface area contributed by atoms with Gasteiger partial charge < -0.3 is 15.2 Å². The molecule has 0 amide bonds. The van der Waals surface area contributed by atoms with Crippen LogP contribution in [0.4, 0.5) is 0 Å². The van der Waals surface area contributed by atoms with Crippen LogP contribution in [0.5, 0.6) is 0 Å². The van der Waals surface area contributed by atoms with Gasteiger partial charge >= 0.3 is 0 Å². The normalized spacial score (nSPS) is 34.8. The molecule has 1 saturated heterocycles. The van der Waals surface area contributed by atoms with E-state index < -0.39 is 0 Å². The van der Waals surface area contributed by atoms with Crippen LogP contribution in [0.2, 0.25) is 0 Å². The monoisotopic (exact) mass is 187 g/mol. The molecular weight excluding hydrogens is 166 g/mol. The van der Waals surface area contributed by atoms with Gasteiger partial charge in [0.15, 0.2) is 0 Å². The Labute approximate surface area is 80.6 Å². The van der Waals surface area contributed by atoms with Gasteiger partial charge in [0.05, 0.1) is 18.3 Å². The maximum atomic E-state index is 5.70. The number of ether oxygens (including phenoxy) is 2. The van der Waals surface area contributed by atoms with E-state index in [0.29, 0.717) is 24.9 Å². The predicted molar refractivity (Wildman–Crippen MR) is 52.7 cm³/mol. The van der Waals surface area contributed by atoms with Gasteiger partial charge in [0.25, 0.3) is 0 Å². The molecule has 0 aromatic rings. The van der Waals surface area contributed by atoms with Gasteiger partial charge in [0, 0.05) is 6.61 Å². The van der Waals surface area contributed by atoms with E-state index in [4.69, 9.17) is 15.2 Å². The average molecular weight is 187 g/mol. The van der Waals surface area contributed by atoms with Gasteiger partial charge in [-0.05, 0) is 39.7 Å². The second-order valence-corrected chi connectivity index (χ2v) is 3.86. The van der Waals surface area contributed by atoms with Gasteiger partial charge in [-0.1, -0.05) is 0 Å². The maximum absolute atomic E-state index is 5.70. The zero-order valence-electron chi connectivity index (χ0n) is 8.66. The van der Waals surface area contributed by atoms with Crippen molar-refractivity contribution in [3.8, 4) is 0 Å². The van der Waals surface area contributed by atoms with E-state index in [2.05, 4.69) is 13.8 Å². The van der Waals surface area contributed by atoms with Crippen LogP contribution >= 0.6 is 0 Å². The molecule has 0 aromatic heterocycles. The Balaban J connectivity index is 2.17. The zero-order chi connectivity index (χ0) is 9.68. The molecule has 0 radical (unpaired) electrons. The van der Waals surface area contributed by atoms with Crippen LogP contribution in [0.25, 0.3) is 0 Å². The first-order chi connectivity index (χ1) is 6.22. The molecule has 0 spiro atoms. The van der Waals surface area contributed by atoms with Gasteiger partial charge in [0.2, 0.25) is 0 Å². The van der Waals surface area contributed by atoms with E-state index >= 15 is 0 Å². The summed E-state index contributed by atoms with van der Waals surface area (Å²) >= 11 is 0. The molecule has 3 heteroatoms. The molecule has 2 atom stereocenters. The molecule has 2 N–H and O–H groups in total. The third-order valence-corrected chi connectivity index (χ3v) is 2.36. The molecule has 1 aliphatic rings. The largest absolute Gasteiger partial charge is 0.378 e. The lowest BCUT2D eigenvalue weighted by Crippen LogP contribution is -2.34. The highest BCUT2D eigenvalue weighted by atomic mass is 16.5. The summed E-state index contributed by atoms with van der Waals surface area (Å²) in [6.07, 6.45) is 4.06. The second-order valence-electron chi connectivity index (χ2n) is 3.86. The molecule has 1 aliphatic heterocycles. The van der Waals surface area contributed by atoms with Crippen LogP contribution in [0.3, 0.4) is 0 Å². The standard InChI is InChI=1S/C10H21NO2/c1-8-6-10(7-9(2)13-8)12-5-3-4-11/h8-10H,3-7,11H2,1-2H3. The molecule has 0 saturated carbocycles. The van der Waals surface area contributed by atoms with Crippen molar-refractivity contribution in [2.24, 2.45) is 5.73 Å². The Bertz CT molecular complexity index is 131. The van der Waals surface area contributed by atoms with Crippen molar-refractivity contribution in [1.29, 1.82) is 0 Å². The number of nitrogens with two attached hydrogens (primary N) is 1. The van der Waals surface area contributed by atoms with Gasteiger partial charge in [-0.2, -0.15) is 0 Å². The fourth-order valence-electron chi connectivity index (χ4n) is 1.81. The van der Waals surface area contributed by atoms with E-state index in [1.807, 2.05) is 0 Å². The molecule has 78 valence electrons. The maximum Gasteiger partial charge on any atom is 0.0624 e. The van der Waals surface area contributed by atoms with Crippen LogP contribution in [0.1, 0.15) is 33.1 Å². The summed E-state index contributed by atoms with van der Waals surface area (Å²) in [6.45, 7) is 5.72. The highest BCUT2D eigenvalue weighted by Gasteiger charge is 2.24. The molecular formula is C10H21NO2. The number of rotatable bonds is 4. The third-order valence-electron chi connectivity index (χ3n) is 2.36. The lowest BCUT2D eigenvalue weighted by molar-refractivity contribution is -0.101. The summed E-state index contributed by atoms with van der Waals surface area (Å²) in [5.74, 6) is 0. The third kappa shape index (κ3) is 4.07. The molecule has 0 aliphatic carbocycles. The van der Waals surface area contributed by atoms with E-state index in [1.54, 1.807) is 0 Å². The zero-order valence-corrected chi connectivity index (χ0v) is 8.66. The summed E-state index contributed by atoms with van der Waals surface area (Å²) in [5, 5.41) is 0. The smallest absolute Gasteiger partial charge is 0.0624 e. The summed E-state index contributed by atoms with van der Waals surface area (Å²) in [7, 11) is 0. The van der Waals surface area contributed by atoms with Crippen molar-refractivity contribution in [3.63, 3.8) is 0 Å². The Morgan fingerprint density at radius 2 is 1.92 bits per heavy atom. The van der Waals surface area contributed by atoms with Crippen LogP contribution in [-0.2, 0) is 9.47 Å². The predicted octanol–water partition coefficient (Wildman–Crippen LogP) is 1.31. The first kappa shape index (κ1) is 11.0. The minimum absolute atomic E-state index is 0.339. The van der Waals surface area contributed by atoms with E-state index in [-0.39, 0.29) is 0 Å². The molecule has 2 unspecified atom stereocenters. The Hall–Kier alpha value is -0.120. The van der Waals surface area contributed by atoms with E-state index in [1.165, 1.54) is 0 Å². The fourth-order valence-corrected chi connectivity index (χ4v) is 1.81. The van der Waals surface area contributed by atoms with Crippen LogP contribution in [0, 0.1) is 0 Å². The summed E-state index contributed by atoms with van der Waals surface area (Å²) < 4.78 is 11.3. The van der Waals surface area contributed by atoms with E-state index in [9.17, 15) is 0 Å². The number of hydrogen-bond donors (Lipinski definition) is 1. The highest BCUT2D eigenvalue weighted by molar-refractivity contribution is 4.73. The Morgan fingerprint density at radius 1 is 1.31 bits per heavy atom. The van der Waals surface area contributed by atoms with Crippen molar-refractivity contribution in [3.05, 3.63) is 0 Å². The summed E-state index contributed by atoms with van der Waals surface area (Å²) in [4.78, 5) is 0. The first-order valence-electron chi connectivity index (χ1n) is 5.19. The Kier molecular flexibility index (Phi) is 4.70. The number of hydrogen-bond acceptors (Lipinski definition) is 3. The van der Waals surface area contributed by atoms with Crippen molar-refractivity contribution in [1.82, 2.24) is 0 Å².